The van der Waals surface area contributed by atoms with Crippen molar-refractivity contribution in [2.24, 2.45) is 7.05 Å². The molecule has 3 aromatic rings. The van der Waals surface area contributed by atoms with Gasteiger partial charge in [0.1, 0.15) is 12.4 Å². The molecule has 1 amide bonds. The number of nitrogens with one attached hydrogen (secondary N) is 1. The first-order valence-electron chi connectivity index (χ1n) is 11.7. The monoisotopic (exact) mass is 486 g/mol. The van der Waals surface area contributed by atoms with Crippen LogP contribution in [0.3, 0.4) is 0 Å². The Balaban J connectivity index is 1.50. The fourth-order valence-corrected chi connectivity index (χ4v) is 4.35. The normalized spacial score (nSPS) is 16.8. The van der Waals surface area contributed by atoms with Crippen LogP contribution in [0.15, 0.2) is 54.7 Å². The van der Waals surface area contributed by atoms with Crippen LogP contribution in [0.1, 0.15) is 42.1 Å². The van der Waals surface area contributed by atoms with Crippen LogP contribution in [0.5, 0.6) is 5.75 Å². The number of carbonyl (C=O) groups is 1. The summed E-state index contributed by atoms with van der Waals surface area (Å²) in [6.07, 6.45) is 0.908. The number of benzene rings is 2. The third kappa shape index (κ3) is 6.03. The quantitative estimate of drug-likeness (QED) is 0.472. The summed E-state index contributed by atoms with van der Waals surface area (Å²) in [5, 5.41) is 7.00. The Kier molecular flexibility index (Phi) is 7.45. The standard InChI is InChI=1S/C26H29F3N4O2/c1-18-5-3-4-14-33(18)15-16-35-24-11-10-21(17-22(24)23-12-13-30-32(23)2)31-25(34)19-6-8-20(9-7-19)26(27,28)29/h6-13,17-18H,3-5,14-16H2,1-2H3,(H,31,34). The maximum Gasteiger partial charge on any atom is 0.416 e. The van der Waals surface area contributed by atoms with Crippen LogP contribution in [0.25, 0.3) is 11.3 Å². The highest BCUT2D eigenvalue weighted by Gasteiger charge is 2.30. The molecule has 1 N–H and O–H groups in total. The summed E-state index contributed by atoms with van der Waals surface area (Å²) >= 11 is 0. The van der Waals surface area contributed by atoms with E-state index in [-0.39, 0.29) is 5.56 Å². The zero-order valence-electron chi connectivity index (χ0n) is 19.8. The Morgan fingerprint density at radius 3 is 2.57 bits per heavy atom. The van der Waals surface area contributed by atoms with Crippen molar-refractivity contribution in [1.82, 2.24) is 14.7 Å². The van der Waals surface area contributed by atoms with Crippen molar-refractivity contribution >= 4 is 11.6 Å². The molecule has 0 aliphatic carbocycles. The van der Waals surface area contributed by atoms with Gasteiger partial charge in [0.2, 0.25) is 0 Å². The third-order valence-corrected chi connectivity index (χ3v) is 6.39. The molecule has 1 fully saturated rings. The largest absolute Gasteiger partial charge is 0.492 e. The van der Waals surface area contributed by atoms with Crippen molar-refractivity contribution in [1.29, 1.82) is 0 Å². The SMILES string of the molecule is CC1CCCCN1CCOc1ccc(NC(=O)c2ccc(C(F)(F)F)cc2)cc1-c1ccnn1C. The number of piperidine rings is 1. The maximum atomic E-state index is 12.8. The molecule has 0 bridgehead atoms. The molecule has 1 aromatic heterocycles. The van der Waals surface area contributed by atoms with E-state index in [0.29, 0.717) is 24.1 Å². The predicted octanol–water partition coefficient (Wildman–Crippen LogP) is 5.61. The minimum atomic E-state index is -4.45. The number of amides is 1. The van der Waals surface area contributed by atoms with Crippen LogP contribution in [0.4, 0.5) is 18.9 Å². The summed E-state index contributed by atoms with van der Waals surface area (Å²) in [4.78, 5) is 15.1. The van der Waals surface area contributed by atoms with Gasteiger partial charge in [-0.05, 0) is 74.8 Å². The number of aryl methyl sites for hydroxylation is 1. The lowest BCUT2D eigenvalue weighted by molar-refractivity contribution is -0.137. The lowest BCUT2D eigenvalue weighted by atomic mass is 10.0. The van der Waals surface area contributed by atoms with E-state index in [4.69, 9.17) is 4.74 Å². The Morgan fingerprint density at radius 2 is 1.91 bits per heavy atom. The van der Waals surface area contributed by atoms with Gasteiger partial charge in [-0.3, -0.25) is 14.4 Å². The number of hydrogen-bond acceptors (Lipinski definition) is 4. The first kappa shape index (κ1) is 24.8. The van der Waals surface area contributed by atoms with Crippen molar-refractivity contribution in [3.05, 3.63) is 65.9 Å². The predicted molar refractivity (Wildman–Crippen MR) is 128 cm³/mol. The number of nitrogens with zero attached hydrogens (tertiary/aromatic N) is 3. The topological polar surface area (TPSA) is 59.4 Å². The van der Waals surface area contributed by atoms with Gasteiger partial charge in [0.05, 0.1) is 11.3 Å². The van der Waals surface area contributed by atoms with Crippen LogP contribution in [-0.2, 0) is 13.2 Å². The van der Waals surface area contributed by atoms with E-state index in [1.165, 1.54) is 31.4 Å². The molecular formula is C26H29F3N4O2. The first-order chi connectivity index (χ1) is 16.7. The van der Waals surface area contributed by atoms with E-state index in [0.717, 1.165) is 36.5 Å². The third-order valence-electron chi connectivity index (χ3n) is 6.39. The molecule has 0 radical (unpaired) electrons. The van der Waals surface area contributed by atoms with Crippen molar-refractivity contribution in [3.63, 3.8) is 0 Å². The number of anilines is 1. The van der Waals surface area contributed by atoms with Crippen molar-refractivity contribution in [3.8, 4) is 17.0 Å². The number of rotatable bonds is 7. The molecule has 0 spiro atoms. The summed E-state index contributed by atoms with van der Waals surface area (Å²) in [6.45, 7) is 4.69. The second-order valence-electron chi connectivity index (χ2n) is 8.81. The number of halogens is 3. The smallest absolute Gasteiger partial charge is 0.416 e. The number of aromatic nitrogens is 2. The average molecular weight is 487 g/mol. The highest BCUT2D eigenvalue weighted by molar-refractivity contribution is 6.04. The van der Waals surface area contributed by atoms with Crippen LogP contribution in [0, 0.1) is 0 Å². The summed E-state index contributed by atoms with van der Waals surface area (Å²) in [5.41, 5.74) is 1.42. The molecule has 6 nitrogen and oxygen atoms in total. The number of ether oxygens (including phenoxy) is 1. The fourth-order valence-electron chi connectivity index (χ4n) is 4.35. The number of alkyl halides is 3. The zero-order valence-corrected chi connectivity index (χ0v) is 19.8. The van der Waals surface area contributed by atoms with Crippen LogP contribution < -0.4 is 10.1 Å². The van der Waals surface area contributed by atoms with E-state index in [1.807, 2.05) is 13.1 Å². The molecule has 1 aliphatic rings. The molecule has 2 aromatic carbocycles. The number of hydrogen-bond donors (Lipinski definition) is 1. The molecule has 0 saturated carbocycles. The Morgan fingerprint density at radius 1 is 1.14 bits per heavy atom. The summed E-state index contributed by atoms with van der Waals surface area (Å²) in [6, 6.07) is 11.8. The van der Waals surface area contributed by atoms with Gasteiger partial charge >= 0.3 is 6.18 Å². The molecule has 35 heavy (non-hydrogen) atoms. The van der Waals surface area contributed by atoms with E-state index in [1.54, 1.807) is 29.1 Å². The van der Waals surface area contributed by atoms with E-state index < -0.39 is 17.6 Å². The molecule has 1 aliphatic heterocycles. The second kappa shape index (κ2) is 10.5. The molecule has 4 rings (SSSR count). The summed E-state index contributed by atoms with van der Waals surface area (Å²) in [7, 11) is 1.82. The molecule has 186 valence electrons. The molecule has 9 heteroatoms. The van der Waals surface area contributed by atoms with E-state index >= 15 is 0 Å². The fraction of sp³-hybridized carbons (Fsp3) is 0.385. The zero-order chi connectivity index (χ0) is 25.0. The average Bonchev–Trinajstić information content (AvgIpc) is 3.26. The Hall–Kier alpha value is -3.33. The van der Waals surface area contributed by atoms with Gasteiger partial charge in [-0.25, -0.2) is 0 Å². The molecule has 1 atom stereocenters. The second-order valence-corrected chi connectivity index (χ2v) is 8.81. The summed E-state index contributed by atoms with van der Waals surface area (Å²) in [5.74, 6) is 0.174. The van der Waals surface area contributed by atoms with Gasteiger partial charge in [0.25, 0.3) is 5.91 Å². The molecule has 1 unspecified atom stereocenters. The van der Waals surface area contributed by atoms with Crippen molar-refractivity contribution < 1.29 is 22.7 Å². The van der Waals surface area contributed by atoms with Crippen molar-refractivity contribution in [2.45, 2.75) is 38.4 Å². The maximum absolute atomic E-state index is 12.8. The lowest BCUT2D eigenvalue weighted by Gasteiger charge is -2.33. The van der Waals surface area contributed by atoms with Crippen LogP contribution in [-0.4, -0.2) is 46.3 Å². The van der Waals surface area contributed by atoms with Crippen LogP contribution in [0.2, 0.25) is 0 Å². The van der Waals surface area contributed by atoms with Gasteiger partial charge in [-0.15, -0.1) is 0 Å². The van der Waals surface area contributed by atoms with E-state index in [9.17, 15) is 18.0 Å². The number of carbonyl (C=O) groups excluding carboxylic acids is 1. The Bertz CT molecular complexity index is 1160. The summed E-state index contributed by atoms with van der Waals surface area (Å²) < 4.78 is 46.3. The number of likely N-dealkylation sites (tertiary alicyclic amines) is 1. The van der Waals surface area contributed by atoms with Crippen LogP contribution >= 0.6 is 0 Å². The molecular weight excluding hydrogens is 457 g/mol. The van der Waals surface area contributed by atoms with Crippen molar-refractivity contribution in [2.75, 3.05) is 25.0 Å². The highest BCUT2D eigenvalue weighted by Crippen LogP contribution is 2.33. The van der Waals surface area contributed by atoms with Gasteiger partial charge in [0, 0.05) is 42.6 Å². The van der Waals surface area contributed by atoms with Gasteiger partial charge in [0.15, 0.2) is 0 Å². The molecule has 2 heterocycles. The van der Waals surface area contributed by atoms with Gasteiger partial charge < -0.3 is 10.1 Å². The highest BCUT2D eigenvalue weighted by atomic mass is 19.4. The van der Waals surface area contributed by atoms with E-state index in [2.05, 4.69) is 22.2 Å². The molecule has 1 saturated heterocycles. The lowest BCUT2D eigenvalue weighted by Crippen LogP contribution is -2.39. The minimum absolute atomic E-state index is 0.135. The van der Waals surface area contributed by atoms with Gasteiger partial charge in [-0.1, -0.05) is 6.42 Å². The first-order valence-corrected chi connectivity index (χ1v) is 11.7. The van der Waals surface area contributed by atoms with Gasteiger partial charge in [-0.2, -0.15) is 18.3 Å². The Labute approximate surface area is 202 Å². The minimum Gasteiger partial charge on any atom is -0.492 e.